The number of rotatable bonds is 5. The maximum absolute atomic E-state index is 13.6. The van der Waals surface area contributed by atoms with Crippen LogP contribution in [0.15, 0.2) is 51.7 Å². The number of aromatic nitrogens is 2. The maximum Gasteiger partial charge on any atom is 0.254 e. The van der Waals surface area contributed by atoms with Gasteiger partial charge in [0.05, 0.1) is 11.2 Å². The molecule has 4 aromatic rings. The van der Waals surface area contributed by atoms with Gasteiger partial charge in [0.25, 0.3) is 5.91 Å². The molecule has 180 valence electrons. The third kappa shape index (κ3) is 4.44. The fourth-order valence-corrected chi connectivity index (χ4v) is 5.23. The molecule has 0 bridgehead atoms. The number of oxazole rings is 1. The fraction of sp³-hybridized carbons (Fsp3) is 0.320. The lowest BCUT2D eigenvalue weighted by molar-refractivity contribution is 0.00634. The SMILES string of the molecule is O=C(c1ccc2nc(-c3ccc(F)c(F)c3)oc2c1)N1CC(N2CCN(Cc3cscn3)CC2)C1. The Bertz CT molecular complexity index is 1360. The van der Waals surface area contributed by atoms with Gasteiger partial charge in [0.2, 0.25) is 5.89 Å². The summed E-state index contributed by atoms with van der Waals surface area (Å²) in [5, 5.41) is 2.10. The number of amides is 1. The summed E-state index contributed by atoms with van der Waals surface area (Å²) in [5.41, 5.74) is 4.85. The molecule has 7 nitrogen and oxygen atoms in total. The highest BCUT2D eigenvalue weighted by Crippen LogP contribution is 2.27. The van der Waals surface area contributed by atoms with Gasteiger partial charge in [-0.25, -0.2) is 18.7 Å². The van der Waals surface area contributed by atoms with Crippen molar-refractivity contribution in [2.75, 3.05) is 39.3 Å². The summed E-state index contributed by atoms with van der Waals surface area (Å²) < 4.78 is 32.6. The van der Waals surface area contributed by atoms with Gasteiger partial charge in [0, 0.05) is 68.4 Å². The van der Waals surface area contributed by atoms with Crippen molar-refractivity contribution in [1.82, 2.24) is 24.7 Å². The van der Waals surface area contributed by atoms with E-state index in [1.54, 1.807) is 29.5 Å². The van der Waals surface area contributed by atoms with Gasteiger partial charge in [-0.05, 0) is 36.4 Å². The Labute approximate surface area is 204 Å². The number of hydrogen-bond donors (Lipinski definition) is 0. The van der Waals surface area contributed by atoms with E-state index >= 15 is 0 Å². The van der Waals surface area contributed by atoms with Gasteiger partial charge in [-0.15, -0.1) is 11.3 Å². The Morgan fingerprint density at radius 2 is 1.89 bits per heavy atom. The molecule has 4 heterocycles. The summed E-state index contributed by atoms with van der Waals surface area (Å²) in [5.74, 6) is -1.76. The number of fused-ring (bicyclic) bond motifs is 1. The van der Waals surface area contributed by atoms with Crippen LogP contribution in [0.4, 0.5) is 8.78 Å². The average Bonchev–Trinajstić information content (AvgIpc) is 3.50. The number of likely N-dealkylation sites (tertiary alicyclic amines) is 1. The van der Waals surface area contributed by atoms with E-state index < -0.39 is 11.6 Å². The molecule has 0 atom stereocenters. The lowest BCUT2D eigenvalue weighted by Gasteiger charge is -2.48. The largest absolute Gasteiger partial charge is 0.436 e. The molecule has 0 radical (unpaired) electrons. The molecule has 10 heteroatoms. The second kappa shape index (κ2) is 9.10. The minimum Gasteiger partial charge on any atom is -0.436 e. The molecule has 6 rings (SSSR count). The number of halogens is 2. The fourth-order valence-electron chi connectivity index (χ4n) is 4.68. The molecule has 0 spiro atoms. The predicted molar refractivity (Wildman–Crippen MR) is 128 cm³/mol. The highest BCUT2D eigenvalue weighted by Gasteiger charge is 2.36. The van der Waals surface area contributed by atoms with Crippen molar-refractivity contribution in [3.63, 3.8) is 0 Å². The normalized spacial score (nSPS) is 17.7. The van der Waals surface area contributed by atoms with Crippen LogP contribution in [-0.4, -0.2) is 75.9 Å². The number of benzene rings is 2. The van der Waals surface area contributed by atoms with E-state index in [4.69, 9.17) is 4.42 Å². The molecule has 1 amide bonds. The van der Waals surface area contributed by atoms with Crippen molar-refractivity contribution >= 4 is 28.3 Å². The van der Waals surface area contributed by atoms with Crippen LogP contribution in [-0.2, 0) is 6.54 Å². The quantitative estimate of drug-likeness (QED) is 0.419. The van der Waals surface area contributed by atoms with Gasteiger partial charge in [-0.3, -0.25) is 14.6 Å². The third-order valence-electron chi connectivity index (χ3n) is 6.74. The predicted octanol–water partition coefficient (Wildman–Crippen LogP) is 3.87. The number of nitrogens with zero attached hydrogens (tertiary/aromatic N) is 5. The summed E-state index contributed by atoms with van der Waals surface area (Å²) in [7, 11) is 0. The van der Waals surface area contributed by atoms with Crippen molar-refractivity contribution in [1.29, 1.82) is 0 Å². The molecule has 0 aliphatic carbocycles. The van der Waals surface area contributed by atoms with Crippen LogP contribution >= 0.6 is 11.3 Å². The highest BCUT2D eigenvalue weighted by atomic mass is 32.1. The first-order valence-corrected chi connectivity index (χ1v) is 12.5. The van der Waals surface area contributed by atoms with Gasteiger partial charge >= 0.3 is 0 Å². The van der Waals surface area contributed by atoms with Crippen LogP contribution in [0.3, 0.4) is 0 Å². The van der Waals surface area contributed by atoms with Gasteiger partial charge in [-0.2, -0.15) is 0 Å². The summed E-state index contributed by atoms with van der Waals surface area (Å²) in [6, 6.07) is 8.99. The van der Waals surface area contributed by atoms with Crippen LogP contribution in [0.25, 0.3) is 22.6 Å². The topological polar surface area (TPSA) is 65.7 Å². The zero-order chi connectivity index (χ0) is 23.9. The monoisotopic (exact) mass is 495 g/mol. The Kier molecular flexibility index (Phi) is 5.79. The second-order valence-corrected chi connectivity index (χ2v) is 9.70. The molecule has 2 aromatic heterocycles. The van der Waals surface area contributed by atoms with E-state index in [0.29, 0.717) is 41.4 Å². The molecule has 2 aromatic carbocycles. The van der Waals surface area contributed by atoms with E-state index in [-0.39, 0.29) is 11.8 Å². The number of carbonyl (C=O) groups excluding carboxylic acids is 1. The van der Waals surface area contributed by atoms with Crippen LogP contribution < -0.4 is 0 Å². The number of hydrogen-bond acceptors (Lipinski definition) is 7. The molecular weight excluding hydrogens is 472 g/mol. The first kappa shape index (κ1) is 22.3. The standard InChI is InChI=1S/C25H23F2N5O2S/c26-20-3-1-16(9-21(20)27)24-29-22-4-2-17(10-23(22)34-24)25(33)32-12-19(13-32)31-7-5-30(6-8-31)11-18-14-35-15-28-18/h1-4,9-10,14-15,19H,5-8,11-13H2. The van der Waals surface area contributed by atoms with Crippen molar-refractivity contribution in [3.8, 4) is 11.5 Å². The molecule has 2 aliphatic heterocycles. The van der Waals surface area contributed by atoms with Crippen molar-refractivity contribution in [2.24, 2.45) is 0 Å². The van der Waals surface area contributed by atoms with E-state index in [0.717, 1.165) is 50.6 Å². The second-order valence-electron chi connectivity index (χ2n) is 8.99. The summed E-state index contributed by atoms with van der Waals surface area (Å²) in [6.45, 7) is 6.31. The number of piperazine rings is 1. The number of carbonyl (C=O) groups is 1. The molecular formula is C25H23F2N5O2S. The van der Waals surface area contributed by atoms with Gasteiger partial charge < -0.3 is 9.32 Å². The van der Waals surface area contributed by atoms with E-state index in [1.165, 1.54) is 6.07 Å². The number of thiazole rings is 1. The zero-order valence-electron chi connectivity index (χ0n) is 18.9. The van der Waals surface area contributed by atoms with Crippen LogP contribution in [0, 0.1) is 11.6 Å². The van der Waals surface area contributed by atoms with Crippen molar-refractivity contribution in [3.05, 3.63) is 70.2 Å². The zero-order valence-corrected chi connectivity index (χ0v) is 19.7. The minimum atomic E-state index is -0.964. The Morgan fingerprint density at radius 3 is 2.63 bits per heavy atom. The van der Waals surface area contributed by atoms with Crippen molar-refractivity contribution in [2.45, 2.75) is 12.6 Å². The van der Waals surface area contributed by atoms with Gasteiger partial charge in [0.15, 0.2) is 17.2 Å². The van der Waals surface area contributed by atoms with E-state index in [9.17, 15) is 13.6 Å². The summed E-state index contributed by atoms with van der Waals surface area (Å²) in [6.07, 6.45) is 0. The maximum atomic E-state index is 13.6. The molecule has 2 fully saturated rings. The van der Waals surface area contributed by atoms with Gasteiger partial charge in [0.1, 0.15) is 5.52 Å². The van der Waals surface area contributed by atoms with Crippen LogP contribution in [0.2, 0.25) is 0 Å². The first-order valence-electron chi connectivity index (χ1n) is 11.5. The average molecular weight is 496 g/mol. The Balaban J connectivity index is 1.06. The lowest BCUT2D eigenvalue weighted by atomic mass is 10.0. The molecule has 2 saturated heterocycles. The molecule has 0 unspecified atom stereocenters. The smallest absolute Gasteiger partial charge is 0.254 e. The van der Waals surface area contributed by atoms with E-state index in [1.807, 2.05) is 10.4 Å². The lowest BCUT2D eigenvalue weighted by Crippen LogP contribution is -2.64. The Hall–Kier alpha value is -3.21. The van der Waals surface area contributed by atoms with Crippen LogP contribution in [0.5, 0.6) is 0 Å². The van der Waals surface area contributed by atoms with Crippen molar-refractivity contribution < 1.29 is 18.0 Å². The summed E-state index contributed by atoms with van der Waals surface area (Å²) in [4.78, 5) is 28.5. The molecule has 0 saturated carbocycles. The van der Waals surface area contributed by atoms with E-state index in [2.05, 4.69) is 25.1 Å². The molecule has 2 aliphatic rings. The minimum absolute atomic E-state index is 0.0453. The Morgan fingerprint density at radius 1 is 1.06 bits per heavy atom. The van der Waals surface area contributed by atoms with Gasteiger partial charge in [-0.1, -0.05) is 0 Å². The third-order valence-corrected chi connectivity index (χ3v) is 7.38. The first-order chi connectivity index (χ1) is 17.0. The molecule has 35 heavy (non-hydrogen) atoms. The summed E-state index contributed by atoms with van der Waals surface area (Å²) >= 11 is 1.63. The molecule has 0 N–H and O–H groups in total. The van der Waals surface area contributed by atoms with Crippen LogP contribution in [0.1, 0.15) is 16.1 Å². The highest BCUT2D eigenvalue weighted by molar-refractivity contribution is 7.07.